The summed E-state index contributed by atoms with van der Waals surface area (Å²) in [5.74, 6) is -0.479. The van der Waals surface area contributed by atoms with E-state index in [4.69, 9.17) is 0 Å². The van der Waals surface area contributed by atoms with Crippen molar-refractivity contribution in [3.8, 4) is 0 Å². The second kappa shape index (κ2) is 7.89. The molecule has 0 saturated carbocycles. The standard InChI is InChI=1S/C17H18N4O3S/c22-17(13-5-4-6-14(11-13)21(23)24)19-18-12-15-7-8-16(25-15)20-9-2-1-3-10-20/h4-8,11-12H,1-3,9-10H2,(H,19,22)/b18-12-. The normalized spacial score (nSPS) is 14.6. The van der Waals surface area contributed by atoms with Crippen molar-refractivity contribution in [3.05, 3.63) is 57.0 Å². The van der Waals surface area contributed by atoms with Gasteiger partial charge in [-0.05, 0) is 37.5 Å². The number of nitro groups is 1. The highest BCUT2D eigenvalue weighted by molar-refractivity contribution is 7.17. The van der Waals surface area contributed by atoms with Crippen LogP contribution in [0, 0.1) is 10.1 Å². The highest BCUT2D eigenvalue weighted by atomic mass is 32.1. The minimum atomic E-state index is -0.534. The van der Waals surface area contributed by atoms with Gasteiger partial charge in [-0.3, -0.25) is 14.9 Å². The molecule has 130 valence electrons. The molecular weight excluding hydrogens is 340 g/mol. The molecule has 1 aromatic heterocycles. The van der Waals surface area contributed by atoms with E-state index in [2.05, 4.69) is 21.5 Å². The number of amides is 1. The third kappa shape index (κ3) is 4.42. The predicted octanol–water partition coefficient (Wildman–Crippen LogP) is 3.41. The smallest absolute Gasteiger partial charge is 0.271 e. The van der Waals surface area contributed by atoms with Gasteiger partial charge in [-0.2, -0.15) is 5.10 Å². The molecule has 7 nitrogen and oxygen atoms in total. The maximum absolute atomic E-state index is 12.0. The van der Waals surface area contributed by atoms with Crippen LogP contribution < -0.4 is 10.3 Å². The van der Waals surface area contributed by atoms with Gasteiger partial charge in [0, 0.05) is 35.7 Å². The molecule has 0 spiro atoms. The molecule has 0 bridgehead atoms. The maximum atomic E-state index is 12.0. The van der Waals surface area contributed by atoms with Crippen molar-refractivity contribution in [2.45, 2.75) is 19.3 Å². The molecule has 2 heterocycles. The van der Waals surface area contributed by atoms with Crippen LogP contribution >= 0.6 is 11.3 Å². The molecular formula is C17H18N4O3S. The Balaban J connectivity index is 1.59. The number of non-ortho nitro benzene ring substituents is 1. The van der Waals surface area contributed by atoms with E-state index in [-0.39, 0.29) is 11.3 Å². The van der Waals surface area contributed by atoms with E-state index in [9.17, 15) is 14.9 Å². The van der Waals surface area contributed by atoms with E-state index in [0.29, 0.717) is 0 Å². The maximum Gasteiger partial charge on any atom is 0.271 e. The minimum absolute atomic E-state index is 0.124. The zero-order chi connectivity index (χ0) is 17.6. The average molecular weight is 358 g/mol. The molecule has 1 fully saturated rings. The zero-order valence-electron chi connectivity index (χ0n) is 13.6. The van der Waals surface area contributed by atoms with Gasteiger partial charge in [-0.25, -0.2) is 5.43 Å². The van der Waals surface area contributed by atoms with E-state index >= 15 is 0 Å². The molecule has 1 amide bonds. The van der Waals surface area contributed by atoms with Crippen LogP contribution in [-0.2, 0) is 0 Å². The van der Waals surface area contributed by atoms with Crippen molar-refractivity contribution < 1.29 is 9.72 Å². The van der Waals surface area contributed by atoms with Crippen LogP contribution in [0.1, 0.15) is 34.5 Å². The second-order valence-corrected chi connectivity index (χ2v) is 6.82. The number of hydrogen-bond donors (Lipinski definition) is 1. The van der Waals surface area contributed by atoms with Crippen molar-refractivity contribution in [1.82, 2.24) is 5.43 Å². The first-order valence-corrected chi connectivity index (χ1v) is 8.88. The number of thiophene rings is 1. The molecule has 0 unspecified atom stereocenters. The number of hydrazone groups is 1. The molecule has 1 aliphatic heterocycles. The van der Waals surface area contributed by atoms with Gasteiger partial charge in [-0.15, -0.1) is 11.3 Å². The largest absolute Gasteiger partial charge is 0.363 e. The van der Waals surface area contributed by atoms with Crippen molar-refractivity contribution >= 4 is 34.1 Å². The monoisotopic (exact) mass is 358 g/mol. The van der Waals surface area contributed by atoms with E-state index in [0.717, 1.165) is 18.0 Å². The lowest BCUT2D eigenvalue weighted by Crippen LogP contribution is -2.28. The van der Waals surface area contributed by atoms with Crippen LogP contribution in [0.5, 0.6) is 0 Å². The Labute approximate surface area is 149 Å². The lowest BCUT2D eigenvalue weighted by atomic mass is 10.1. The van der Waals surface area contributed by atoms with Gasteiger partial charge in [0.25, 0.3) is 11.6 Å². The number of anilines is 1. The molecule has 1 aliphatic rings. The van der Waals surface area contributed by atoms with E-state index in [1.165, 1.54) is 48.5 Å². The lowest BCUT2D eigenvalue weighted by molar-refractivity contribution is -0.384. The highest BCUT2D eigenvalue weighted by Gasteiger charge is 2.13. The molecule has 1 aromatic carbocycles. The number of nitrogens with zero attached hydrogens (tertiary/aromatic N) is 3. The Morgan fingerprint density at radius 3 is 2.80 bits per heavy atom. The first-order chi connectivity index (χ1) is 12.1. The Kier molecular flexibility index (Phi) is 5.39. The summed E-state index contributed by atoms with van der Waals surface area (Å²) in [6.45, 7) is 2.17. The first kappa shape index (κ1) is 17.1. The van der Waals surface area contributed by atoms with Gasteiger partial charge in [-0.1, -0.05) is 6.07 Å². The molecule has 1 N–H and O–H groups in total. The third-order valence-electron chi connectivity index (χ3n) is 3.96. The van der Waals surface area contributed by atoms with Gasteiger partial charge in [0.15, 0.2) is 0 Å². The van der Waals surface area contributed by atoms with E-state index in [1.54, 1.807) is 17.6 Å². The summed E-state index contributed by atoms with van der Waals surface area (Å²) >= 11 is 1.63. The molecule has 3 rings (SSSR count). The fraction of sp³-hybridized carbons (Fsp3) is 0.294. The van der Waals surface area contributed by atoms with Gasteiger partial charge < -0.3 is 4.90 Å². The number of nitro benzene ring substituents is 1. The number of hydrogen-bond acceptors (Lipinski definition) is 6. The molecule has 0 aliphatic carbocycles. The van der Waals surface area contributed by atoms with Crippen molar-refractivity contribution in [2.75, 3.05) is 18.0 Å². The van der Waals surface area contributed by atoms with Gasteiger partial charge in [0.05, 0.1) is 16.1 Å². The number of rotatable bonds is 5. The summed E-state index contributed by atoms with van der Waals surface area (Å²) in [4.78, 5) is 25.5. The van der Waals surface area contributed by atoms with Crippen LogP contribution in [0.25, 0.3) is 0 Å². The van der Waals surface area contributed by atoms with Crippen LogP contribution in [0.4, 0.5) is 10.7 Å². The Morgan fingerprint density at radius 2 is 2.04 bits per heavy atom. The summed E-state index contributed by atoms with van der Waals surface area (Å²) in [5, 5.41) is 15.9. The summed E-state index contributed by atoms with van der Waals surface area (Å²) in [7, 11) is 0. The SMILES string of the molecule is O=C(N/N=C\c1ccc(N2CCCCC2)s1)c1cccc([N+](=O)[O-])c1. The minimum Gasteiger partial charge on any atom is -0.363 e. The highest BCUT2D eigenvalue weighted by Crippen LogP contribution is 2.27. The zero-order valence-corrected chi connectivity index (χ0v) is 14.4. The molecule has 2 aromatic rings. The number of carbonyl (C=O) groups excluding carboxylic acids is 1. The predicted molar refractivity (Wildman–Crippen MR) is 98.5 cm³/mol. The Hall–Kier alpha value is -2.74. The number of piperidine rings is 1. The molecule has 8 heteroatoms. The molecule has 0 radical (unpaired) electrons. The molecule has 1 saturated heterocycles. The number of benzene rings is 1. The van der Waals surface area contributed by atoms with Crippen molar-refractivity contribution in [3.63, 3.8) is 0 Å². The van der Waals surface area contributed by atoms with Crippen molar-refractivity contribution in [1.29, 1.82) is 0 Å². The van der Waals surface area contributed by atoms with Gasteiger partial charge >= 0.3 is 0 Å². The fourth-order valence-electron chi connectivity index (χ4n) is 2.68. The fourth-order valence-corrected chi connectivity index (χ4v) is 3.61. The van der Waals surface area contributed by atoms with Crippen LogP contribution in [0.2, 0.25) is 0 Å². The van der Waals surface area contributed by atoms with E-state index in [1.807, 2.05) is 6.07 Å². The van der Waals surface area contributed by atoms with E-state index < -0.39 is 10.8 Å². The van der Waals surface area contributed by atoms with Crippen LogP contribution in [-0.4, -0.2) is 30.1 Å². The van der Waals surface area contributed by atoms with Crippen LogP contribution in [0.15, 0.2) is 41.5 Å². The number of carbonyl (C=O) groups is 1. The van der Waals surface area contributed by atoms with Gasteiger partial charge in [0.2, 0.25) is 0 Å². The lowest BCUT2D eigenvalue weighted by Gasteiger charge is -2.27. The Morgan fingerprint density at radius 1 is 1.24 bits per heavy atom. The summed E-state index contributed by atoms with van der Waals surface area (Å²) < 4.78 is 0. The second-order valence-electron chi connectivity index (χ2n) is 5.73. The van der Waals surface area contributed by atoms with Crippen LogP contribution in [0.3, 0.4) is 0 Å². The first-order valence-electron chi connectivity index (χ1n) is 8.06. The average Bonchev–Trinajstić information content (AvgIpc) is 3.11. The third-order valence-corrected chi connectivity index (χ3v) is 5.04. The van der Waals surface area contributed by atoms with Gasteiger partial charge in [0.1, 0.15) is 0 Å². The Bertz CT molecular complexity index is 797. The summed E-state index contributed by atoms with van der Waals surface area (Å²) in [6.07, 6.45) is 5.33. The molecule has 25 heavy (non-hydrogen) atoms. The van der Waals surface area contributed by atoms with Crippen molar-refractivity contribution in [2.24, 2.45) is 5.10 Å². The topological polar surface area (TPSA) is 87.8 Å². The summed E-state index contributed by atoms with van der Waals surface area (Å²) in [6, 6.07) is 9.59. The summed E-state index contributed by atoms with van der Waals surface area (Å²) in [5.41, 5.74) is 2.48. The quantitative estimate of drug-likeness (QED) is 0.504. The number of nitrogens with one attached hydrogen (secondary N) is 1. The molecule has 0 atom stereocenters.